The second kappa shape index (κ2) is 9.87. The van der Waals surface area contributed by atoms with Gasteiger partial charge in [-0.3, -0.25) is 4.99 Å². The van der Waals surface area contributed by atoms with E-state index in [1.54, 1.807) is 25.1 Å². The van der Waals surface area contributed by atoms with Gasteiger partial charge in [-0.05, 0) is 24.1 Å². The molecule has 12 heteroatoms. The first-order valence-corrected chi connectivity index (χ1v) is 10.5. The molecule has 1 aromatic carbocycles. The number of hydrogen-bond donors (Lipinski definition) is 2. The van der Waals surface area contributed by atoms with Crippen molar-refractivity contribution in [2.45, 2.75) is 31.1 Å². The number of alkyl halides is 3. The standard InChI is InChI=1S/C16H19F3N4O2S2.HI/c1-10-6-11(4-5-12(10)27(3,24)25)7-21-15(20-2)22-8-14-23-13(9-26-14)16(17,18)19;/h4-6,9H,7-8H2,1-3H3,(H2,20,21,22);1H. The number of hydrogen-bond acceptors (Lipinski definition) is 5. The zero-order valence-corrected chi connectivity index (χ0v) is 19.3. The van der Waals surface area contributed by atoms with E-state index in [9.17, 15) is 21.6 Å². The minimum atomic E-state index is -4.45. The molecule has 0 fully saturated rings. The molecule has 0 atom stereocenters. The number of guanidine groups is 1. The molecular formula is C16H20F3IN4O2S2. The van der Waals surface area contributed by atoms with E-state index in [2.05, 4.69) is 20.6 Å². The van der Waals surface area contributed by atoms with Crippen LogP contribution in [-0.4, -0.2) is 32.7 Å². The minimum Gasteiger partial charge on any atom is -0.352 e. The van der Waals surface area contributed by atoms with Gasteiger partial charge in [-0.25, -0.2) is 13.4 Å². The normalized spacial score (nSPS) is 12.4. The Bertz CT molecular complexity index is 944. The van der Waals surface area contributed by atoms with Crippen molar-refractivity contribution in [2.75, 3.05) is 13.3 Å². The first-order chi connectivity index (χ1) is 12.5. The summed E-state index contributed by atoms with van der Waals surface area (Å²) in [6, 6.07) is 5.00. The molecule has 156 valence electrons. The van der Waals surface area contributed by atoms with Crippen LogP contribution in [0, 0.1) is 6.92 Å². The maximum absolute atomic E-state index is 12.6. The summed E-state index contributed by atoms with van der Waals surface area (Å²) in [5.74, 6) is 0.392. The zero-order valence-electron chi connectivity index (χ0n) is 15.3. The summed E-state index contributed by atoms with van der Waals surface area (Å²) in [6.07, 6.45) is -3.30. The number of aliphatic imine (C=N–C) groups is 1. The van der Waals surface area contributed by atoms with Gasteiger partial charge in [0.15, 0.2) is 21.5 Å². The van der Waals surface area contributed by atoms with Crippen molar-refractivity contribution >= 4 is 51.1 Å². The molecule has 6 nitrogen and oxygen atoms in total. The van der Waals surface area contributed by atoms with Crippen LogP contribution in [0.15, 0.2) is 33.5 Å². The van der Waals surface area contributed by atoms with Gasteiger partial charge in [0.1, 0.15) is 5.01 Å². The number of aromatic nitrogens is 1. The fraction of sp³-hybridized carbons (Fsp3) is 0.375. The van der Waals surface area contributed by atoms with Crippen molar-refractivity contribution in [3.8, 4) is 0 Å². The van der Waals surface area contributed by atoms with E-state index >= 15 is 0 Å². The van der Waals surface area contributed by atoms with E-state index in [-0.39, 0.29) is 35.4 Å². The fourth-order valence-electron chi connectivity index (χ4n) is 2.33. The third-order valence-electron chi connectivity index (χ3n) is 3.57. The molecule has 0 aliphatic heterocycles. The highest BCUT2D eigenvalue weighted by Gasteiger charge is 2.33. The molecule has 2 aromatic rings. The smallest absolute Gasteiger partial charge is 0.352 e. The molecule has 0 saturated carbocycles. The Morgan fingerprint density at radius 1 is 1.25 bits per heavy atom. The van der Waals surface area contributed by atoms with Gasteiger partial charge in [-0.15, -0.1) is 35.3 Å². The van der Waals surface area contributed by atoms with E-state index in [4.69, 9.17) is 0 Å². The average Bonchev–Trinajstić information content (AvgIpc) is 3.03. The molecule has 1 aromatic heterocycles. The van der Waals surface area contributed by atoms with Gasteiger partial charge < -0.3 is 10.6 Å². The molecule has 0 aliphatic rings. The van der Waals surface area contributed by atoms with E-state index < -0.39 is 21.7 Å². The van der Waals surface area contributed by atoms with E-state index in [1.165, 1.54) is 7.05 Å². The van der Waals surface area contributed by atoms with Crippen LogP contribution in [0.5, 0.6) is 0 Å². The zero-order chi connectivity index (χ0) is 20.2. The van der Waals surface area contributed by atoms with Crippen LogP contribution in [0.3, 0.4) is 0 Å². The lowest BCUT2D eigenvalue weighted by Crippen LogP contribution is -2.36. The summed E-state index contributed by atoms with van der Waals surface area (Å²) >= 11 is 0.916. The van der Waals surface area contributed by atoms with Crippen LogP contribution in [0.25, 0.3) is 0 Å². The molecule has 28 heavy (non-hydrogen) atoms. The van der Waals surface area contributed by atoms with Gasteiger partial charge in [0.2, 0.25) is 0 Å². The third-order valence-corrected chi connectivity index (χ3v) is 5.68. The van der Waals surface area contributed by atoms with Crippen LogP contribution in [0.4, 0.5) is 13.2 Å². The Labute approximate surface area is 182 Å². The number of nitrogens with one attached hydrogen (secondary N) is 2. The third kappa shape index (κ3) is 6.88. The highest BCUT2D eigenvalue weighted by atomic mass is 127. The number of thiazole rings is 1. The SMILES string of the molecule is CN=C(NCc1ccc(S(C)(=O)=O)c(C)c1)NCc1nc(C(F)(F)F)cs1.I. The molecule has 0 amide bonds. The summed E-state index contributed by atoms with van der Waals surface area (Å²) in [5, 5.41) is 7.18. The second-order valence-corrected chi connectivity index (χ2v) is 8.70. The number of halogens is 4. The van der Waals surface area contributed by atoms with Gasteiger partial charge in [-0.1, -0.05) is 12.1 Å². The molecular weight excluding hydrogens is 528 g/mol. The predicted octanol–water partition coefficient (Wildman–Crippen LogP) is 3.36. The van der Waals surface area contributed by atoms with Gasteiger partial charge in [0, 0.05) is 25.2 Å². The van der Waals surface area contributed by atoms with Crippen molar-refractivity contribution in [2.24, 2.45) is 4.99 Å². The molecule has 2 rings (SSSR count). The number of nitrogens with zero attached hydrogens (tertiary/aromatic N) is 2. The van der Waals surface area contributed by atoms with Crippen LogP contribution < -0.4 is 10.6 Å². The molecule has 0 aliphatic carbocycles. The number of aryl methyl sites for hydroxylation is 1. The molecule has 1 heterocycles. The van der Waals surface area contributed by atoms with Crippen molar-refractivity contribution in [1.82, 2.24) is 15.6 Å². The second-order valence-electron chi connectivity index (χ2n) is 5.78. The average molecular weight is 548 g/mol. The topological polar surface area (TPSA) is 83.5 Å². The Morgan fingerprint density at radius 2 is 1.89 bits per heavy atom. The van der Waals surface area contributed by atoms with Crippen molar-refractivity contribution in [3.05, 3.63) is 45.4 Å². The molecule has 0 unspecified atom stereocenters. The first-order valence-electron chi connectivity index (χ1n) is 7.76. The number of rotatable bonds is 5. The van der Waals surface area contributed by atoms with Crippen molar-refractivity contribution in [3.63, 3.8) is 0 Å². The Kier molecular flexibility index (Phi) is 8.68. The number of sulfone groups is 1. The molecule has 0 bridgehead atoms. The monoisotopic (exact) mass is 548 g/mol. The highest BCUT2D eigenvalue weighted by molar-refractivity contribution is 14.0. The van der Waals surface area contributed by atoms with Crippen molar-refractivity contribution < 1.29 is 21.6 Å². The Hall–Kier alpha value is -1.41. The van der Waals surface area contributed by atoms with Gasteiger partial charge in [-0.2, -0.15) is 13.2 Å². The Morgan fingerprint density at radius 3 is 2.39 bits per heavy atom. The first kappa shape index (κ1) is 24.6. The van der Waals surface area contributed by atoms with Crippen LogP contribution in [-0.2, 0) is 29.1 Å². The summed E-state index contributed by atoms with van der Waals surface area (Å²) in [4.78, 5) is 7.82. The van der Waals surface area contributed by atoms with Gasteiger partial charge in [0.25, 0.3) is 0 Å². The van der Waals surface area contributed by atoms with Crippen LogP contribution >= 0.6 is 35.3 Å². The molecule has 0 spiro atoms. The predicted molar refractivity (Wildman–Crippen MR) is 114 cm³/mol. The van der Waals surface area contributed by atoms with E-state index in [1.807, 2.05) is 0 Å². The lowest BCUT2D eigenvalue weighted by Gasteiger charge is -2.12. The Balaban J connectivity index is 0.00000392. The summed E-state index contributed by atoms with van der Waals surface area (Å²) < 4.78 is 61.0. The maximum Gasteiger partial charge on any atom is 0.434 e. The lowest BCUT2D eigenvalue weighted by molar-refractivity contribution is -0.140. The van der Waals surface area contributed by atoms with Crippen molar-refractivity contribution in [1.29, 1.82) is 0 Å². The largest absolute Gasteiger partial charge is 0.434 e. The summed E-state index contributed by atoms with van der Waals surface area (Å²) in [5.41, 5.74) is 0.576. The van der Waals surface area contributed by atoms with E-state index in [0.717, 1.165) is 28.5 Å². The maximum atomic E-state index is 12.6. The molecule has 0 radical (unpaired) electrons. The fourth-order valence-corrected chi connectivity index (χ4v) is 4.03. The van der Waals surface area contributed by atoms with Gasteiger partial charge >= 0.3 is 6.18 Å². The minimum absolute atomic E-state index is 0. The lowest BCUT2D eigenvalue weighted by atomic mass is 10.1. The number of benzene rings is 1. The van der Waals surface area contributed by atoms with E-state index in [0.29, 0.717) is 23.1 Å². The molecule has 2 N–H and O–H groups in total. The van der Waals surface area contributed by atoms with Gasteiger partial charge in [0.05, 0.1) is 11.4 Å². The quantitative estimate of drug-likeness (QED) is 0.340. The molecule has 0 saturated heterocycles. The summed E-state index contributed by atoms with van der Waals surface area (Å²) in [6.45, 7) is 2.19. The van der Waals surface area contributed by atoms with Crippen LogP contribution in [0.2, 0.25) is 0 Å². The van der Waals surface area contributed by atoms with Crippen LogP contribution in [0.1, 0.15) is 21.8 Å². The highest BCUT2D eigenvalue weighted by Crippen LogP contribution is 2.29. The summed E-state index contributed by atoms with van der Waals surface area (Å²) in [7, 11) is -1.74.